The van der Waals surface area contributed by atoms with Gasteiger partial charge in [0.1, 0.15) is 11.6 Å². The van der Waals surface area contributed by atoms with Crippen molar-refractivity contribution >= 4 is 5.69 Å². The molecule has 0 aliphatic heterocycles. The molecule has 0 spiro atoms. The van der Waals surface area contributed by atoms with E-state index in [0.717, 1.165) is 12.5 Å². The summed E-state index contributed by atoms with van der Waals surface area (Å²) in [6, 6.07) is 3.34. The molecule has 0 atom stereocenters. The van der Waals surface area contributed by atoms with E-state index in [1.807, 2.05) is 0 Å². The van der Waals surface area contributed by atoms with E-state index in [9.17, 15) is 8.78 Å². The second kappa shape index (κ2) is 5.23. The van der Waals surface area contributed by atoms with Gasteiger partial charge in [0.05, 0.1) is 0 Å². The molecular formula is C11H11F2N. The number of nitrogens with one attached hydrogen (secondary N) is 1. The molecular weight excluding hydrogens is 184 g/mol. The minimum absolute atomic E-state index is 0.444. The average Bonchev–Trinajstić information content (AvgIpc) is 2.11. The molecule has 0 aliphatic carbocycles. The minimum Gasteiger partial charge on any atom is -0.385 e. The lowest BCUT2D eigenvalue weighted by Crippen LogP contribution is -2.01. The highest BCUT2D eigenvalue weighted by atomic mass is 19.1. The highest BCUT2D eigenvalue weighted by molar-refractivity contribution is 5.43. The van der Waals surface area contributed by atoms with Crippen molar-refractivity contribution in [2.24, 2.45) is 0 Å². The molecule has 1 nitrogen and oxygen atoms in total. The maximum absolute atomic E-state index is 12.7. The summed E-state index contributed by atoms with van der Waals surface area (Å²) >= 11 is 0. The lowest BCUT2D eigenvalue weighted by Gasteiger charge is -2.04. The van der Waals surface area contributed by atoms with Gasteiger partial charge in [-0.25, -0.2) is 8.78 Å². The average molecular weight is 195 g/mol. The Hall–Kier alpha value is -1.56. The fourth-order valence-electron chi connectivity index (χ4n) is 1.08. The molecule has 1 aromatic rings. The zero-order valence-corrected chi connectivity index (χ0v) is 7.69. The van der Waals surface area contributed by atoms with Gasteiger partial charge in [0, 0.05) is 24.7 Å². The molecule has 1 rings (SSSR count). The molecule has 0 saturated heterocycles. The van der Waals surface area contributed by atoms with Crippen LogP contribution >= 0.6 is 0 Å². The van der Waals surface area contributed by atoms with Crippen molar-refractivity contribution in [3.05, 3.63) is 29.8 Å². The number of benzene rings is 1. The van der Waals surface area contributed by atoms with Crippen LogP contribution in [0.25, 0.3) is 0 Å². The summed E-state index contributed by atoms with van der Waals surface area (Å²) in [6.07, 6.45) is 6.50. The number of terminal acetylenes is 1. The van der Waals surface area contributed by atoms with E-state index in [4.69, 9.17) is 6.42 Å². The van der Waals surface area contributed by atoms with Crippen LogP contribution in [0.5, 0.6) is 0 Å². The Morgan fingerprint density at radius 2 is 1.86 bits per heavy atom. The number of unbranched alkanes of at least 4 members (excludes halogenated alkanes) is 1. The zero-order valence-electron chi connectivity index (χ0n) is 7.69. The van der Waals surface area contributed by atoms with Crippen molar-refractivity contribution in [3.8, 4) is 12.3 Å². The SMILES string of the molecule is C#CCCCNc1cc(F)cc(F)c1. The lowest BCUT2D eigenvalue weighted by molar-refractivity contribution is 0.584. The Kier molecular flexibility index (Phi) is 3.93. The first kappa shape index (κ1) is 10.5. The van der Waals surface area contributed by atoms with Crippen LogP contribution in [0.2, 0.25) is 0 Å². The third kappa shape index (κ3) is 3.44. The second-order valence-corrected chi connectivity index (χ2v) is 2.89. The van der Waals surface area contributed by atoms with Gasteiger partial charge in [-0.1, -0.05) is 0 Å². The van der Waals surface area contributed by atoms with Crippen molar-refractivity contribution in [2.75, 3.05) is 11.9 Å². The van der Waals surface area contributed by atoms with Crippen LogP contribution in [-0.2, 0) is 0 Å². The van der Waals surface area contributed by atoms with E-state index in [1.165, 1.54) is 12.1 Å². The van der Waals surface area contributed by atoms with Gasteiger partial charge in [-0.15, -0.1) is 12.3 Å². The number of hydrogen-bond donors (Lipinski definition) is 1. The van der Waals surface area contributed by atoms with Gasteiger partial charge in [-0.3, -0.25) is 0 Å². The predicted molar refractivity (Wildman–Crippen MR) is 52.9 cm³/mol. The predicted octanol–water partition coefficient (Wildman–Crippen LogP) is 2.79. The molecule has 0 fully saturated rings. The van der Waals surface area contributed by atoms with Gasteiger partial charge in [-0.2, -0.15) is 0 Å². The maximum Gasteiger partial charge on any atom is 0.128 e. The molecule has 74 valence electrons. The molecule has 3 heteroatoms. The van der Waals surface area contributed by atoms with Gasteiger partial charge >= 0.3 is 0 Å². The molecule has 1 aromatic carbocycles. The quantitative estimate of drug-likeness (QED) is 0.575. The number of hydrogen-bond acceptors (Lipinski definition) is 1. The van der Waals surface area contributed by atoms with Gasteiger partial charge in [0.2, 0.25) is 0 Å². The molecule has 0 saturated carbocycles. The van der Waals surface area contributed by atoms with Gasteiger partial charge in [-0.05, 0) is 18.6 Å². The molecule has 0 aromatic heterocycles. The van der Waals surface area contributed by atoms with Crippen molar-refractivity contribution in [2.45, 2.75) is 12.8 Å². The van der Waals surface area contributed by atoms with Gasteiger partial charge < -0.3 is 5.32 Å². The van der Waals surface area contributed by atoms with Crippen molar-refractivity contribution < 1.29 is 8.78 Å². The zero-order chi connectivity index (χ0) is 10.4. The smallest absolute Gasteiger partial charge is 0.128 e. The highest BCUT2D eigenvalue weighted by Gasteiger charge is 1.98. The highest BCUT2D eigenvalue weighted by Crippen LogP contribution is 2.12. The largest absolute Gasteiger partial charge is 0.385 e. The minimum atomic E-state index is -0.579. The van der Waals surface area contributed by atoms with Crippen LogP contribution in [0.15, 0.2) is 18.2 Å². The van der Waals surface area contributed by atoms with E-state index in [-0.39, 0.29) is 0 Å². The molecule has 0 heterocycles. The number of rotatable bonds is 4. The molecule has 0 radical (unpaired) electrons. The van der Waals surface area contributed by atoms with Crippen LogP contribution < -0.4 is 5.32 Å². The summed E-state index contributed by atoms with van der Waals surface area (Å²) < 4.78 is 25.4. The normalized spacial score (nSPS) is 9.50. The standard InChI is InChI=1S/C11H11F2N/c1-2-3-4-5-14-11-7-9(12)6-10(13)8-11/h1,6-8,14H,3-5H2. The molecule has 14 heavy (non-hydrogen) atoms. The van der Waals surface area contributed by atoms with Crippen LogP contribution in [-0.4, -0.2) is 6.54 Å². The summed E-state index contributed by atoms with van der Waals surface area (Å²) in [4.78, 5) is 0. The van der Waals surface area contributed by atoms with Crippen LogP contribution in [0.4, 0.5) is 14.5 Å². The van der Waals surface area contributed by atoms with Gasteiger partial charge in [0.25, 0.3) is 0 Å². The summed E-state index contributed by atoms with van der Waals surface area (Å²) in [5, 5.41) is 2.89. The second-order valence-electron chi connectivity index (χ2n) is 2.89. The van der Waals surface area contributed by atoms with Gasteiger partial charge in [0.15, 0.2) is 0 Å². The Labute approximate surface area is 82.1 Å². The molecule has 0 bridgehead atoms. The summed E-state index contributed by atoms with van der Waals surface area (Å²) in [7, 11) is 0. The monoisotopic (exact) mass is 195 g/mol. The fraction of sp³-hybridized carbons (Fsp3) is 0.273. The van der Waals surface area contributed by atoms with Crippen LogP contribution in [0, 0.1) is 24.0 Å². The first-order valence-corrected chi connectivity index (χ1v) is 4.36. The molecule has 1 N–H and O–H groups in total. The summed E-state index contributed by atoms with van der Waals surface area (Å²) in [5.74, 6) is 1.33. The topological polar surface area (TPSA) is 12.0 Å². The third-order valence-electron chi connectivity index (χ3n) is 1.69. The lowest BCUT2D eigenvalue weighted by atomic mass is 10.2. The summed E-state index contributed by atoms with van der Waals surface area (Å²) in [6.45, 7) is 0.618. The number of halogens is 2. The Bertz CT molecular complexity index is 321. The molecule has 0 amide bonds. The van der Waals surface area contributed by atoms with E-state index in [0.29, 0.717) is 18.7 Å². The summed E-state index contributed by atoms with van der Waals surface area (Å²) in [5.41, 5.74) is 0.444. The molecule has 0 unspecified atom stereocenters. The van der Waals surface area contributed by atoms with E-state index >= 15 is 0 Å². The van der Waals surface area contributed by atoms with Crippen molar-refractivity contribution in [3.63, 3.8) is 0 Å². The van der Waals surface area contributed by atoms with Crippen LogP contribution in [0.3, 0.4) is 0 Å². The van der Waals surface area contributed by atoms with Crippen LogP contribution in [0.1, 0.15) is 12.8 Å². The first-order chi connectivity index (χ1) is 6.72. The Balaban J connectivity index is 2.47. The maximum atomic E-state index is 12.7. The number of anilines is 1. The Morgan fingerprint density at radius 3 is 2.43 bits per heavy atom. The third-order valence-corrected chi connectivity index (χ3v) is 1.69. The van der Waals surface area contributed by atoms with E-state index in [1.54, 1.807) is 0 Å². The molecule has 0 aliphatic rings. The van der Waals surface area contributed by atoms with E-state index in [2.05, 4.69) is 11.2 Å². The Morgan fingerprint density at radius 1 is 1.21 bits per heavy atom. The van der Waals surface area contributed by atoms with Crippen molar-refractivity contribution in [1.82, 2.24) is 0 Å². The van der Waals surface area contributed by atoms with Crippen molar-refractivity contribution in [1.29, 1.82) is 0 Å². The van der Waals surface area contributed by atoms with E-state index < -0.39 is 11.6 Å². The fourth-order valence-corrected chi connectivity index (χ4v) is 1.08. The first-order valence-electron chi connectivity index (χ1n) is 4.36.